The first-order valence-electron chi connectivity index (χ1n) is 6.03. The van der Waals surface area contributed by atoms with Crippen LogP contribution < -0.4 is 5.32 Å². The maximum Gasteiger partial charge on any atom is 0.0214 e. The van der Waals surface area contributed by atoms with Gasteiger partial charge in [-0.05, 0) is 38.3 Å². The number of likely N-dealkylation sites (tertiary alicyclic amines) is 1. The Labute approximate surface area is 89.1 Å². The summed E-state index contributed by atoms with van der Waals surface area (Å²) >= 11 is 0. The van der Waals surface area contributed by atoms with Crippen molar-refractivity contribution < 1.29 is 0 Å². The minimum absolute atomic E-state index is 0.653. The standard InChI is InChI=1S/C12H26N2/c1-10(2)12(13-4)9-14-7-5-6-11(3)8-14/h10-13H,5-9H2,1-4H3. The van der Waals surface area contributed by atoms with Gasteiger partial charge in [0.25, 0.3) is 0 Å². The second-order valence-corrected chi connectivity index (χ2v) is 5.15. The van der Waals surface area contributed by atoms with Crippen LogP contribution in [0.25, 0.3) is 0 Å². The number of nitrogens with zero attached hydrogens (tertiary/aromatic N) is 1. The van der Waals surface area contributed by atoms with Crippen LogP contribution in [0.1, 0.15) is 33.6 Å². The fourth-order valence-electron chi connectivity index (χ4n) is 2.37. The molecule has 1 rings (SSSR count). The van der Waals surface area contributed by atoms with E-state index in [0.717, 1.165) is 11.8 Å². The van der Waals surface area contributed by atoms with Gasteiger partial charge in [0.1, 0.15) is 0 Å². The third-order valence-electron chi connectivity index (χ3n) is 3.37. The second kappa shape index (κ2) is 5.72. The highest BCUT2D eigenvalue weighted by molar-refractivity contribution is 4.77. The van der Waals surface area contributed by atoms with Gasteiger partial charge in [0.2, 0.25) is 0 Å². The Morgan fingerprint density at radius 2 is 2.14 bits per heavy atom. The Kier molecular flexibility index (Phi) is 4.90. The Hall–Kier alpha value is -0.0800. The van der Waals surface area contributed by atoms with Gasteiger partial charge in [0.15, 0.2) is 0 Å². The van der Waals surface area contributed by atoms with Crippen LogP contribution in [0.4, 0.5) is 0 Å². The third-order valence-corrected chi connectivity index (χ3v) is 3.37. The van der Waals surface area contributed by atoms with Crippen molar-refractivity contribution in [3.05, 3.63) is 0 Å². The predicted molar refractivity (Wildman–Crippen MR) is 62.5 cm³/mol. The van der Waals surface area contributed by atoms with Gasteiger partial charge in [-0.15, -0.1) is 0 Å². The van der Waals surface area contributed by atoms with Crippen molar-refractivity contribution in [3.8, 4) is 0 Å². The highest BCUT2D eigenvalue weighted by atomic mass is 15.2. The lowest BCUT2D eigenvalue weighted by Crippen LogP contribution is -2.45. The molecule has 1 fully saturated rings. The smallest absolute Gasteiger partial charge is 0.0214 e. The highest BCUT2D eigenvalue weighted by Crippen LogP contribution is 2.16. The summed E-state index contributed by atoms with van der Waals surface area (Å²) in [5, 5.41) is 3.42. The van der Waals surface area contributed by atoms with Gasteiger partial charge >= 0.3 is 0 Å². The first kappa shape index (κ1) is 12.0. The van der Waals surface area contributed by atoms with Gasteiger partial charge in [0.05, 0.1) is 0 Å². The monoisotopic (exact) mass is 198 g/mol. The molecular formula is C12H26N2. The van der Waals surface area contributed by atoms with E-state index in [1.165, 1.54) is 32.5 Å². The van der Waals surface area contributed by atoms with Gasteiger partial charge in [0, 0.05) is 19.1 Å². The van der Waals surface area contributed by atoms with Crippen LogP contribution in [-0.4, -0.2) is 37.6 Å². The summed E-state index contributed by atoms with van der Waals surface area (Å²) in [6, 6.07) is 0.653. The molecule has 2 unspecified atom stereocenters. The SMILES string of the molecule is CNC(CN1CCCC(C)C1)C(C)C. The van der Waals surface area contributed by atoms with E-state index in [1.54, 1.807) is 0 Å². The van der Waals surface area contributed by atoms with Crippen molar-refractivity contribution in [2.45, 2.75) is 39.7 Å². The molecule has 0 radical (unpaired) electrons. The van der Waals surface area contributed by atoms with Crippen LogP contribution in [0.3, 0.4) is 0 Å². The molecule has 2 heteroatoms. The first-order valence-corrected chi connectivity index (χ1v) is 6.03. The van der Waals surface area contributed by atoms with E-state index in [9.17, 15) is 0 Å². The molecule has 0 bridgehead atoms. The van der Waals surface area contributed by atoms with Crippen LogP contribution in [0.15, 0.2) is 0 Å². The van der Waals surface area contributed by atoms with Crippen LogP contribution >= 0.6 is 0 Å². The molecule has 1 N–H and O–H groups in total. The molecule has 1 aliphatic rings. The number of hydrogen-bond acceptors (Lipinski definition) is 2. The van der Waals surface area contributed by atoms with Crippen LogP contribution in [0.5, 0.6) is 0 Å². The molecule has 0 aromatic carbocycles. The minimum Gasteiger partial charge on any atom is -0.315 e. The molecule has 2 atom stereocenters. The predicted octanol–water partition coefficient (Wildman–Crippen LogP) is 1.96. The average Bonchev–Trinajstić information content (AvgIpc) is 2.14. The quantitative estimate of drug-likeness (QED) is 0.743. The summed E-state index contributed by atoms with van der Waals surface area (Å²) in [6.45, 7) is 10.8. The lowest BCUT2D eigenvalue weighted by molar-refractivity contribution is 0.157. The number of hydrogen-bond donors (Lipinski definition) is 1. The fourth-order valence-corrected chi connectivity index (χ4v) is 2.37. The molecule has 0 saturated carbocycles. The molecule has 1 aliphatic heterocycles. The number of piperidine rings is 1. The maximum atomic E-state index is 3.42. The zero-order valence-electron chi connectivity index (χ0n) is 10.2. The summed E-state index contributed by atoms with van der Waals surface area (Å²) in [7, 11) is 2.08. The molecule has 0 amide bonds. The van der Waals surface area contributed by atoms with E-state index in [0.29, 0.717) is 6.04 Å². The molecular weight excluding hydrogens is 172 g/mol. The van der Waals surface area contributed by atoms with Crippen molar-refractivity contribution in [1.82, 2.24) is 10.2 Å². The van der Waals surface area contributed by atoms with Gasteiger partial charge in [-0.3, -0.25) is 0 Å². The van der Waals surface area contributed by atoms with Crippen molar-refractivity contribution in [2.24, 2.45) is 11.8 Å². The summed E-state index contributed by atoms with van der Waals surface area (Å²) in [5.74, 6) is 1.63. The van der Waals surface area contributed by atoms with E-state index in [4.69, 9.17) is 0 Å². The molecule has 2 nitrogen and oxygen atoms in total. The molecule has 1 saturated heterocycles. The van der Waals surface area contributed by atoms with E-state index in [1.807, 2.05) is 0 Å². The van der Waals surface area contributed by atoms with Gasteiger partial charge < -0.3 is 10.2 Å². The first-order chi connectivity index (χ1) is 6.63. The second-order valence-electron chi connectivity index (χ2n) is 5.15. The van der Waals surface area contributed by atoms with Crippen molar-refractivity contribution >= 4 is 0 Å². The van der Waals surface area contributed by atoms with Gasteiger partial charge in [-0.1, -0.05) is 20.8 Å². The fraction of sp³-hybridized carbons (Fsp3) is 1.00. The molecule has 0 aromatic rings. The third kappa shape index (κ3) is 3.58. The summed E-state index contributed by atoms with van der Waals surface area (Å²) in [6.07, 6.45) is 2.80. The number of nitrogens with one attached hydrogen (secondary N) is 1. The Balaban J connectivity index is 2.33. The van der Waals surface area contributed by atoms with E-state index < -0.39 is 0 Å². The normalized spacial score (nSPS) is 26.8. The van der Waals surface area contributed by atoms with E-state index >= 15 is 0 Å². The Bertz CT molecular complexity index is 156. The molecule has 84 valence electrons. The molecule has 1 heterocycles. The molecule has 0 spiro atoms. The Morgan fingerprint density at radius 3 is 2.64 bits per heavy atom. The van der Waals surface area contributed by atoms with Crippen molar-refractivity contribution in [3.63, 3.8) is 0 Å². The summed E-state index contributed by atoms with van der Waals surface area (Å²) in [5.41, 5.74) is 0. The zero-order valence-corrected chi connectivity index (χ0v) is 10.2. The molecule has 0 aromatic heterocycles. The van der Waals surface area contributed by atoms with Crippen molar-refractivity contribution in [1.29, 1.82) is 0 Å². The topological polar surface area (TPSA) is 15.3 Å². The van der Waals surface area contributed by atoms with Gasteiger partial charge in [-0.2, -0.15) is 0 Å². The largest absolute Gasteiger partial charge is 0.315 e. The summed E-state index contributed by atoms with van der Waals surface area (Å²) in [4.78, 5) is 2.62. The molecule has 0 aliphatic carbocycles. The zero-order chi connectivity index (χ0) is 10.6. The van der Waals surface area contributed by atoms with Crippen LogP contribution in [-0.2, 0) is 0 Å². The van der Waals surface area contributed by atoms with Gasteiger partial charge in [-0.25, -0.2) is 0 Å². The average molecular weight is 198 g/mol. The maximum absolute atomic E-state index is 3.42. The van der Waals surface area contributed by atoms with E-state index in [2.05, 4.69) is 38.0 Å². The van der Waals surface area contributed by atoms with Crippen LogP contribution in [0.2, 0.25) is 0 Å². The number of likely N-dealkylation sites (N-methyl/N-ethyl adjacent to an activating group) is 1. The number of rotatable bonds is 4. The highest BCUT2D eigenvalue weighted by Gasteiger charge is 2.20. The van der Waals surface area contributed by atoms with Crippen LogP contribution in [0, 0.1) is 11.8 Å². The van der Waals surface area contributed by atoms with E-state index in [-0.39, 0.29) is 0 Å². The lowest BCUT2D eigenvalue weighted by Gasteiger charge is -2.34. The van der Waals surface area contributed by atoms with Crippen molar-refractivity contribution in [2.75, 3.05) is 26.7 Å². The lowest BCUT2D eigenvalue weighted by atomic mass is 9.98. The summed E-state index contributed by atoms with van der Waals surface area (Å²) < 4.78 is 0. The molecule has 14 heavy (non-hydrogen) atoms. The Morgan fingerprint density at radius 1 is 1.43 bits per heavy atom. The minimum atomic E-state index is 0.653.